The van der Waals surface area contributed by atoms with Gasteiger partial charge >= 0.3 is 0 Å². The monoisotopic (exact) mass is 304 g/mol. The van der Waals surface area contributed by atoms with Crippen LogP contribution in [0.25, 0.3) is 0 Å². The van der Waals surface area contributed by atoms with Gasteiger partial charge in [-0.2, -0.15) is 5.26 Å². The zero-order valence-corrected chi connectivity index (χ0v) is 12.7. The Morgan fingerprint density at radius 2 is 1.05 bits per heavy atom. The highest BCUT2D eigenvalue weighted by atomic mass is 32.2. The topological polar surface area (TPSA) is 40.9 Å². The smallest absolute Gasteiger partial charge is 0.182 e. The largest absolute Gasteiger partial charge is 0.192 e. The lowest BCUT2D eigenvalue weighted by Crippen LogP contribution is -2.12. The van der Waals surface area contributed by atoms with Gasteiger partial charge in [-0.15, -0.1) is 0 Å². The van der Waals surface area contributed by atoms with Crippen molar-refractivity contribution < 1.29 is 4.21 Å². The van der Waals surface area contributed by atoms with Gasteiger partial charge < -0.3 is 0 Å². The van der Waals surface area contributed by atoms with Gasteiger partial charge in [0, 0.05) is 0 Å². The normalized spacial score (nSPS) is 10.9. The molecule has 0 saturated carbocycles. The van der Waals surface area contributed by atoms with Crippen molar-refractivity contribution in [1.82, 2.24) is 0 Å². The molecule has 3 rings (SSSR count). The molecule has 0 aromatic heterocycles. The summed E-state index contributed by atoms with van der Waals surface area (Å²) in [6.45, 7) is 0. The quantitative estimate of drug-likeness (QED) is 0.667. The molecule has 22 heavy (non-hydrogen) atoms. The van der Waals surface area contributed by atoms with Gasteiger partial charge in [0.25, 0.3) is 0 Å². The van der Waals surface area contributed by atoms with Gasteiger partial charge in [-0.1, -0.05) is 40.6 Å². The summed E-state index contributed by atoms with van der Waals surface area (Å²) >= 11 is 0. The van der Waals surface area contributed by atoms with Gasteiger partial charge in [0.05, 0.1) is 11.6 Å². The van der Waals surface area contributed by atoms with Gasteiger partial charge in [0.15, 0.2) is 24.6 Å². The Morgan fingerprint density at radius 1 is 0.636 bits per heavy atom. The Balaban J connectivity index is 2.24. The summed E-state index contributed by atoms with van der Waals surface area (Å²) in [6.07, 6.45) is 0. The fraction of sp³-hybridized carbons (Fsp3) is 0. The van der Waals surface area contributed by atoms with Crippen molar-refractivity contribution in [2.24, 2.45) is 0 Å². The van der Waals surface area contributed by atoms with Crippen LogP contribution in [0.15, 0.2) is 99.6 Å². The molecule has 0 radical (unpaired) electrons. The highest BCUT2D eigenvalue weighted by Gasteiger charge is 2.37. The molecular formula is C19H14NOS+. The first-order valence-corrected chi connectivity index (χ1v) is 8.45. The molecule has 2 nitrogen and oxygen atoms in total. The van der Waals surface area contributed by atoms with E-state index < -0.39 is 9.93 Å². The van der Waals surface area contributed by atoms with E-state index in [0.29, 0.717) is 10.5 Å². The Morgan fingerprint density at radius 3 is 1.45 bits per heavy atom. The van der Waals surface area contributed by atoms with Crippen LogP contribution < -0.4 is 0 Å². The minimum Gasteiger partial charge on any atom is -0.192 e. The first kappa shape index (κ1) is 14.2. The maximum atomic E-state index is 13.9. The SMILES string of the molecule is N#Cc1ccc([S+](=O)(c2ccccc2)c2ccccc2)cc1. The average molecular weight is 304 g/mol. The van der Waals surface area contributed by atoms with Gasteiger partial charge in [-0.3, -0.25) is 0 Å². The average Bonchev–Trinajstić information content (AvgIpc) is 2.62. The molecule has 0 aliphatic rings. The fourth-order valence-corrected chi connectivity index (χ4v) is 4.77. The van der Waals surface area contributed by atoms with Crippen molar-refractivity contribution in [1.29, 1.82) is 5.26 Å². The Labute approximate surface area is 131 Å². The molecule has 0 aliphatic carbocycles. The molecule has 0 spiro atoms. The van der Waals surface area contributed by atoms with E-state index in [2.05, 4.69) is 6.07 Å². The number of nitrogens with zero attached hydrogens (tertiary/aromatic N) is 1. The van der Waals surface area contributed by atoms with Crippen molar-refractivity contribution in [2.75, 3.05) is 0 Å². The molecule has 0 aliphatic heterocycles. The second-order valence-corrected chi connectivity index (χ2v) is 7.35. The standard InChI is InChI=1S/C19H14NOS/c20-15-16-11-13-19(14-12-16)22(21,17-7-3-1-4-8-17)18-9-5-2-6-10-18/h1-14H/q+1. The Hall–Kier alpha value is -2.70. The molecule has 0 saturated heterocycles. The summed E-state index contributed by atoms with van der Waals surface area (Å²) in [5, 5.41) is 8.94. The highest BCUT2D eigenvalue weighted by Crippen LogP contribution is 2.36. The van der Waals surface area contributed by atoms with E-state index in [1.807, 2.05) is 60.7 Å². The summed E-state index contributed by atoms with van der Waals surface area (Å²) in [5.41, 5.74) is 0.562. The minimum atomic E-state index is -2.56. The van der Waals surface area contributed by atoms with Crippen LogP contribution in [0.1, 0.15) is 5.56 Å². The number of rotatable bonds is 3. The highest BCUT2D eigenvalue weighted by molar-refractivity contribution is 8.03. The van der Waals surface area contributed by atoms with Crippen molar-refractivity contribution in [3.63, 3.8) is 0 Å². The van der Waals surface area contributed by atoms with Crippen LogP contribution in [0.3, 0.4) is 0 Å². The predicted molar refractivity (Wildman–Crippen MR) is 86.9 cm³/mol. The van der Waals surface area contributed by atoms with E-state index >= 15 is 0 Å². The summed E-state index contributed by atoms with van der Waals surface area (Å²) in [5.74, 6) is 0. The van der Waals surface area contributed by atoms with Gasteiger partial charge in [0.2, 0.25) is 0 Å². The molecule has 106 valence electrons. The Bertz CT molecular complexity index is 806. The minimum absolute atomic E-state index is 0.562. The summed E-state index contributed by atoms with van der Waals surface area (Å²) in [6, 6.07) is 28.0. The third kappa shape index (κ3) is 2.45. The van der Waals surface area contributed by atoms with Crippen LogP contribution in [0.5, 0.6) is 0 Å². The van der Waals surface area contributed by atoms with Gasteiger partial charge in [-0.05, 0) is 48.5 Å². The number of benzene rings is 3. The zero-order chi connectivity index (χ0) is 15.4. The van der Waals surface area contributed by atoms with E-state index in [4.69, 9.17) is 5.26 Å². The van der Waals surface area contributed by atoms with Crippen LogP contribution in [-0.4, -0.2) is 0 Å². The van der Waals surface area contributed by atoms with Crippen LogP contribution in [-0.2, 0) is 14.1 Å². The number of hydrogen-bond acceptors (Lipinski definition) is 2. The first-order valence-electron chi connectivity index (χ1n) is 6.90. The molecule has 0 atom stereocenters. The lowest BCUT2D eigenvalue weighted by molar-refractivity contribution is 0.584. The molecule has 3 heteroatoms. The van der Waals surface area contributed by atoms with Crippen molar-refractivity contribution in [3.8, 4) is 6.07 Å². The van der Waals surface area contributed by atoms with E-state index in [1.54, 1.807) is 24.3 Å². The van der Waals surface area contributed by atoms with Gasteiger partial charge in [-0.25, -0.2) is 0 Å². The third-order valence-corrected chi connectivity index (χ3v) is 6.27. The third-order valence-electron chi connectivity index (χ3n) is 3.47. The number of hydrogen-bond donors (Lipinski definition) is 0. The van der Waals surface area contributed by atoms with Crippen LogP contribution in [0.2, 0.25) is 0 Å². The van der Waals surface area contributed by atoms with Crippen LogP contribution in [0.4, 0.5) is 0 Å². The molecule has 0 fully saturated rings. The summed E-state index contributed by atoms with van der Waals surface area (Å²) < 4.78 is 13.9. The van der Waals surface area contributed by atoms with E-state index in [9.17, 15) is 4.21 Å². The maximum Gasteiger partial charge on any atom is 0.182 e. The second-order valence-electron chi connectivity index (χ2n) is 4.82. The lowest BCUT2D eigenvalue weighted by atomic mass is 10.2. The molecule has 3 aromatic rings. The summed E-state index contributed by atoms with van der Waals surface area (Å²) in [7, 11) is -2.56. The van der Waals surface area contributed by atoms with Crippen LogP contribution in [0, 0.1) is 11.3 Å². The maximum absolute atomic E-state index is 13.9. The molecule has 0 N–H and O–H groups in total. The zero-order valence-electron chi connectivity index (χ0n) is 11.8. The Kier molecular flexibility index (Phi) is 3.86. The van der Waals surface area contributed by atoms with E-state index in [1.165, 1.54) is 0 Å². The molecule has 0 bridgehead atoms. The lowest BCUT2D eigenvalue weighted by Gasteiger charge is -2.11. The number of nitriles is 1. The fourth-order valence-electron chi connectivity index (χ4n) is 2.35. The summed E-state index contributed by atoms with van der Waals surface area (Å²) in [4.78, 5) is 2.25. The first-order chi connectivity index (χ1) is 10.7. The van der Waals surface area contributed by atoms with E-state index in [-0.39, 0.29) is 0 Å². The molecule has 3 aromatic carbocycles. The second kappa shape index (κ2) is 5.97. The predicted octanol–water partition coefficient (Wildman–Crippen LogP) is 4.53. The van der Waals surface area contributed by atoms with Crippen LogP contribution >= 0.6 is 0 Å². The van der Waals surface area contributed by atoms with Gasteiger partial charge in [0.1, 0.15) is 0 Å². The van der Waals surface area contributed by atoms with Crippen molar-refractivity contribution in [2.45, 2.75) is 14.7 Å². The molecule has 0 heterocycles. The van der Waals surface area contributed by atoms with Crippen molar-refractivity contribution in [3.05, 3.63) is 90.5 Å². The van der Waals surface area contributed by atoms with E-state index in [0.717, 1.165) is 9.79 Å². The molecular weight excluding hydrogens is 290 g/mol. The molecule has 0 amide bonds. The molecule has 0 unspecified atom stereocenters. The van der Waals surface area contributed by atoms with Crippen molar-refractivity contribution >= 4 is 9.93 Å².